The third-order valence-corrected chi connectivity index (χ3v) is 2.23. The van der Waals surface area contributed by atoms with Crippen LogP contribution in [-0.2, 0) is 0 Å². The van der Waals surface area contributed by atoms with Crippen molar-refractivity contribution in [1.82, 2.24) is 0 Å². The van der Waals surface area contributed by atoms with E-state index >= 15 is 0 Å². The van der Waals surface area contributed by atoms with Crippen LogP contribution < -0.4 is 0 Å². The van der Waals surface area contributed by atoms with Gasteiger partial charge in [0.25, 0.3) is 0 Å². The lowest BCUT2D eigenvalue weighted by Crippen LogP contribution is -1.98. The molecule has 0 aliphatic heterocycles. The number of benzene rings is 2. The molecule has 0 amide bonds. The summed E-state index contributed by atoms with van der Waals surface area (Å²) in [6, 6.07) is 4.29. The second kappa shape index (κ2) is 6.31. The second-order valence-corrected chi connectivity index (χ2v) is 3.35. The molecule has 2 aromatic rings. The molecule has 0 aliphatic carbocycles. The monoisotopic (exact) mass is 274 g/mol. The highest BCUT2D eigenvalue weighted by Gasteiger charge is 2.20. The summed E-state index contributed by atoms with van der Waals surface area (Å²) in [6.07, 6.45) is 0. The van der Waals surface area contributed by atoms with Crippen LogP contribution in [0.5, 0.6) is 0 Å². The first-order valence-electron chi connectivity index (χ1n) is 5.59. The molecule has 0 atom stereocenters. The van der Waals surface area contributed by atoms with Crippen LogP contribution in [0.15, 0.2) is 30.3 Å². The maximum absolute atomic E-state index is 13.4. The molecule has 2 aromatic carbocycles. The minimum Gasteiger partial charge on any atom is -0.207 e. The molecule has 0 bridgehead atoms. The first-order chi connectivity index (χ1) is 9.00. The van der Waals surface area contributed by atoms with Crippen molar-refractivity contribution < 1.29 is 22.0 Å². The Balaban J connectivity index is 0.000000861. The summed E-state index contributed by atoms with van der Waals surface area (Å²) in [7, 11) is 0. The molecular weight excluding hydrogens is 263 g/mol. The summed E-state index contributed by atoms with van der Waals surface area (Å²) in [5.74, 6) is -6.90. The molecule has 0 fully saturated rings. The zero-order valence-electron chi connectivity index (χ0n) is 10.3. The molecule has 0 aliphatic rings. The van der Waals surface area contributed by atoms with E-state index in [1.807, 2.05) is 13.8 Å². The van der Waals surface area contributed by atoms with E-state index in [2.05, 4.69) is 0 Å². The Morgan fingerprint density at radius 1 is 0.737 bits per heavy atom. The fourth-order valence-corrected chi connectivity index (χ4v) is 1.47. The van der Waals surface area contributed by atoms with E-state index in [-0.39, 0.29) is 11.6 Å². The van der Waals surface area contributed by atoms with Crippen LogP contribution >= 0.6 is 0 Å². The Kier molecular flexibility index (Phi) is 5.03. The van der Waals surface area contributed by atoms with Crippen LogP contribution in [0, 0.1) is 29.1 Å². The van der Waals surface area contributed by atoms with E-state index in [4.69, 9.17) is 0 Å². The second-order valence-electron chi connectivity index (χ2n) is 3.35. The Morgan fingerprint density at radius 2 is 1.26 bits per heavy atom. The quantitative estimate of drug-likeness (QED) is 0.502. The first kappa shape index (κ1) is 15.1. The molecule has 0 heterocycles. The molecule has 19 heavy (non-hydrogen) atoms. The molecule has 0 unspecified atom stereocenters. The molecule has 2 rings (SSSR count). The lowest BCUT2D eigenvalue weighted by Gasteiger charge is -2.07. The summed E-state index contributed by atoms with van der Waals surface area (Å²) in [5.41, 5.74) is -1.18. The Hall–Kier alpha value is -1.91. The maximum Gasteiger partial charge on any atom is 0.169 e. The van der Waals surface area contributed by atoms with Crippen LogP contribution in [0.25, 0.3) is 11.1 Å². The molecular formula is C14H11F5. The van der Waals surface area contributed by atoms with Crippen molar-refractivity contribution in [1.29, 1.82) is 0 Å². The number of hydrogen-bond donors (Lipinski definition) is 0. The third-order valence-electron chi connectivity index (χ3n) is 2.23. The highest BCUT2D eigenvalue weighted by Crippen LogP contribution is 2.29. The van der Waals surface area contributed by atoms with Gasteiger partial charge in [0.15, 0.2) is 23.3 Å². The van der Waals surface area contributed by atoms with Crippen molar-refractivity contribution in [3.63, 3.8) is 0 Å². The van der Waals surface area contributed by atoms with Crippen LogP contribution in [0.2, 0.25) is 0 Å². The van der Waals surface area contributed by atoms with Crippen molar-refractivity contribution in [2.45, 2.75) is 13.8 Å². The summed E-state index contributed by atoms with van der Waals surface area (Å²) < 4.78 is 65.5. The van der Waals surface area contributed by atoms with E-state index < -0.39 is 34.6 Å². The van der Waals surface area contributed by atoms with Gasteiger partial charge >= 0.3 is 0 Å². The zero-order valence-corrected chi connectivity index (χ0v) is 10.3. The minimum atomic E-state index is -1.55. The van der Waals surface area contributed by atoms with Gasteiger partial charge in [-0.1, -0.05) is 26.0 Å². The van der Waals surface area contributed by atoms with Gasteiger partial charge < -0.3 is 0 Å². The zero-order chi connectivity index (χ0) is 14.6. The van der Waals surface area contributed by atoms with Crippen molar-refractivity contribution in [2.24, 2.45) is 0 Å². The lowest BCUT2D eigenvalue weighted by molar-refractivity contribution is 0.458. The molecule has 0 spiro atoms. The summed E-state index contributed by atoms with van der Waals surface area (Å²) >= 11 is 0. The van der Waals surface area contributed by atoms with Crippen molar-refractivity contribution >= 4 is 0 Å². The van der Waals surface area contributed by atoms with Crippen LogP contribution in [0.1, 0.15) is 13.8 Å². The van der Waals surface area contributed by atoms with Gasteiger partial charge in [-0.05, 0) is 17.7 Å². The lowest BCUT2D eigenvalue weighted by atomic mass is 10.0. The van der Waals surface area contributed by atoms with Gasteiger partial charge in [-0.2, -0.15) is 0 Å². The molecule has 0 nitrogen and oxygen atoms in total. The van der Waals surface area contributed by atoms with Gasteiger partial charge in [0.05, 0.1) is 5.56 Å². The van der Waals surface area contributed by atoms with Gasteiger partial charge in [0, 0.05) is 6.07 Å². The van der Waals surface area contributed by atoms with Crippen molar-refractivity contribution in [2.75, 3.05) is 0 Å². The van der Waals surface area contributed by atoms with E-state index in [9.17, 15) is 22.0 Å². The number of hydrogen-bond acceptors (Lipinski definition) is 0. The minimum absolute atomic E-state index is 0.105. The van der Waals surface area contributed by atoms with Gasteiger partial charge in [-0.15, -0.1) is 0 Å². The number of halogens is 5. The first-order valence-corrected chi connectivity index (χ1v) is 5.59. The highest BCUT2D eigenvalue weighted by atomic mass is 19.2. The normalized spacial score (nSPS) is 9.84. The SMILES string of the molecule is CC.Fc1cccc(-c2c(F)c(F)cc(F)c2F)c1. The average molecular weight is 274 g/mol. The maximum atomic E-state index is 13.4. The Labute approximate surface area is 107 Å². The van der Waals surface area contributed by atoms with Crippen molar-refractivity contribution in [3.05, 3.63) is 59.4 Å². The van der Waals surface area contributed by atoms with Gasteiger partial charge in [0.1, 0.15) is 5.82 Å². The number of rotatable bonds is 1. The average Bonchev–Trinajstić information content (AvgIpc) is 2.39. The molecule has 0 saturated carbocycles. The van der Waals surface area contributed by atoms with Crippen LogP contribution in [0.4, 0.5) is 22.0 Å². The van der Waals surface area contributed by atoms with Gasteiger partial charge in [0.2, 0.25) is 0 Å². The predicted octanol–water partition coefficient (Wildman–Crippen LogP) is 5.08. The Bertz CT molecular complexity index is 552. The van der Waals surface area contributed by atoms with Crippen molar-refractivity contribution in [3.8, 4) is 11.1 Å². The largest absolute Gasteiger partial charge is 0.207 e. The third kappa shape index (κ3) is 3.10. The summed E-state index contributed by atoms with van der Waals surface area (Å²) in [6.45, 7) is 4.00. The Morgan fingerprint density at radius 3 is 1.74 bits per heavy atom. The summed E-state index contributed by atoms with van der Waals surface area (Å²) in [4.78, 5) is 0. The molecule has 0 aromatic heterocycles. The topological polar surface area (TPSA) is 0 Å². The smallest absolute Gasteiger partial charge is 0.169 e. The molecule has 0 radical (unpaired) electrons. The summed E-state index contributed by atoms with van der Waals surface area (Å²) in [5, 5.41) is 0. The molecule has 102 valence electrons. The van der Waals surface area contributed by atoms with Gasteiger partial charge in [-0.25, -0.2) is 22.0 Å². The fourth-order valence-electron chi connectivity index (χ4n) is 1.47. The standard InChI is InChI=1S/C12H5F5.C2H6/c13-7-3-1-2-6(4-7)10-11(16)8(14)5-9(15)12(10)17;1-2/h1-5H;1-2H3. The van der Waals surface area contributed by atoms with E-state index in [1.54, 1.807) is 0 Å². The predicted molar refractivity (Wildman–Crippen MR) is 63.0 cm³/mol. The van der Waals surface area contributed by atoms with E-state index in [0.29, 0.717) is 0 Å². The van der Waals surface area contributed by atoms with Crippen LogP contribution in [-0.4, -0.2) is 0 Å². The molecule has 0 saturated heterocycles. The van der Waals surface area contributed by atoms with E-state index in [1.165, 1.54) is 6.07 Å². The van der Waals surface area contributed by atoms with Gasteiger partial charge in [-0.3, -0.25) is 0 Å². The molecule has 0 N–H and O–H groups in total. The molecule has 5 heteroatoms. The fraction of sp³-hybridized carbons (Fsp3) is 0.143. The van der Waals surface area contributed by atoms with E-state index in [0.717, 1.165) is 18.2 Å². The highest BCUT2D eigenvalue weighted by molar-refractivity contribution is 5.65. The van der Waals surface area contributed by atoms with Crippen LogP contribution in [0.3, 0.4) is 0 Å².